The van der Waals surface area contributed by atoms with Crippen LogP contribution in [-0.2, 0) is 17.6 Å². The van der Waals surface area contributed by atoms with Crippen molar-refractivity contribution in [2.45, 2.75) is 25.7 Å². The Labute approximate surface area is 189 Å². The molecule has 0 spiro atoms. The number of para-hydroxylation sites is 4. The zero-order valence-electron chi connectivity index (χ0n) is 17.9. The molecule has 160 valence electrons. The van der Waals surface area contributed by atoms with E-state index in [2.05, 4.69) is 0 Å². The van der Waals surface area contributed by atoms with Crippen LogP contribution in [0.5, 0.6) is 23.0 Å². The lowest BCUT2D eigenvalue weighted by Crippen LogP contribution is -2.04. The average molecular weight is 423 g/mol. The van der Waals surface area contributed by atoms with Crippen LogP contribution in [0.25, 0.3) is 0 Å². The van der Waals surface area contributed by atoms with Crippen LogP contribution >= 0.6 is 0 Å². The SMILES string of the molecule is O=C(CCc1ccccc1Oc1ccccc1)CCc1ccccc1Oc1ccccc1. The molecule has 32 heavy (non-hydrogen) atoms. The molecule has 0 fully saturated rings. The molecule has 0 aliphatic carbocycles. The quantitative estimate of drug-likeness (QED) is 0.267. The molecule has 4 rings (SSSR count). The van der Waals surface area contributed by atoms with Crippen molar-refractivity contribution in [1.82, 2.24) is 0 Å². The minimum atomic E-state index is 0.231. The van der Waals surface area contributed by atoms with Crippen molar-refractivity contribution >= 4 is 5.78 Å². The molecule has 0 amide bonds. The fraction of sp³-hybridized carbons (Fsp3) is 0.138. The van der Waals surface area contributed by atoms with Crippen LogP contribution in [0.3, 0.4) is 0 Å². The summed E-state index contributed by atoms with van der Waals surface area (Å²) in [4.78, 5) is 12.6. The van der Waals surface area contributed by atoms with Gasteiger partial charge in [-0.05, 0) is 60.4 Å². The Balaban J connectivity index is 1.33. The van der Waals surface area contributed by atoms with E-state index in [4.69, 9.17) is 9.47 Å². The van der Waals surface area contributed by atoms with E-state index in [1.165, 1.54) is 0 Å². The highest BCUT2D eigenvalue weighted by molar-refractivity contribution is 5.79. The summed E-state index contributed by atoms with van der Waals surface area (Å²) in [6.45, 7) is 0. The van der Waals surface area contributed by atoms with Gasteiger partial charge in [-0.15, -0.1) is 0 Å². The van der Waals surface area contributed by atoms with Crippen LogP contribution in [0.4, 0.5) is 0 Å². The maximum atomic E-state index is 12.6. The van der Waals surface area contributed by atoms with Crippen molar-refractivity contribution in [1.29, 1.82) is 0 Å². The van der Waals surface area contributed by atoms with Gasteiger partial charge in [-0.25, -0.2) is 0 Å². The molecule has 0 aromatic heterocycles. The van der Waals surface area contributed by atoms with E-state index in [1.54, 1.807) is 0 Å². The minimum absolute atomic E-state index is 0.231. The van der Waals surface area contributed by atoms with Gasteiger partial charge in [-0.1, -0.05) is 72.8 Å². The molecule has 3 nitrogen and oxygen atoms in total. The molecule has 3 heteroatoms. The number of ketones is 1. The van der Waals surface area contributed by atoms with Gasteiger partial charge in [0, 0.05) is 12.8 Å². The molecule has 0 saturated heterocycles. The van der Waals surface area contributed by atoms with E-state index < -0.39 is 0 Å². The summed E-state index contributed by atoms with van der Waals surface area (Å²) in [6, 6.07) is 35.2. The van der Waals surface area contributed by atoms with Crippen LogP contribution in [0, 0.1) is 0 Å². The minimum Gasteiger partial charge on any atom is -0.457 e. The number of carbonyl (C=O) groups excluding carboxylic acids is 1. The number of aryl methyl sites for hydroxylation is 2. The molecule has 0 atom stereocenters. The Hall–Kier alpha value is -3.85. The van der Waals surface area contributed by atoms with Gasteiger partial charge >= 0.3 is 0 Å². The van der Waals surface area contributed by atoms with Crippen molar-refractivity contribution in [2.24, 2.45) is 0 Å². The highest BCUT2D eigenvalue weighted by Crippen LogP contribution is 2.28. The molecular formula is C29H26O3. The van der Waals surface area contributed by atoms with Gasteiger partial charge in [0.2, 0.25) is 0 Å². The summed E-state index contributed by atoms with van der Waals surface area (Å²) in [5, 5.41) is 0. The number of ether oxygens (including phenoxy) is 2. The van der Waals surface area contributed by atoms with Crippen molar-refractivity contribution < 1.29 is 14.3 Å². The fourth-order valence-electron chi connectivity index (χ4n) is 3.52. The second-order valence-electron chi connectivity index (χ2n) is 7.58. The van der Waals surface area contributed by atoms with E-state index in [-0.39, 0.29) is 5.78 Å². The van der Waals surface area contributed by atoms with Crippen molar-refractivity contribution in [3.63, 3.8) is 0 Å². The summed E-state index contributed by atoms with van der Waals surface area (Å²) >= 11 is 0. The maximum absolute atomic E-state index is 12.6. The first kappa shape index (κ1) is 21.4. The van der Waals surface area contributed by atoms with Gasteiger partial charge < -0.3 is 9.47 Å². The van der Waals surface area contributed by atoms with Crippen LogP contribution in [-0.4, -0.2) is 5.78 Å². The Bertz CT molecular complexity index is 1050. The molecule has 0 aliphatic rings. The first-order valence-electron chi connectivity index (χ1n) is 10.9. The summed E-state index contributed by atoms with van der Waals surface area (Å²) in [5.74, 6) is 3.41. The Morgan fingerprint density at radius 2 is 0.875 bits per heavy atom. The smallest absolute Gasteiger partial charge is 0.133 e. The monoisotopic (exact) mass is 422 g/mol. The predicted octanol–water partition coefficient (Wildman–Crippen LogP) is 7.41. The maximum Gasteiger partial charge on any atom is 0.133 e. The lowest BCUT2D eigenvalue weighted by molar-refractivity contribution is -0.119. The van der Waals surface area contributed by atoms with Crippen LogP contribution in [0.15, 0.2) is 109 Å². The Morgan fingerprint density at radius 1 is 0.500 bits per heavy atom. The summed E-state index contributed by atoms with van der Waals surface area (Å²) in [7, 11) is 0. The summed E-state index contributed by atoms with van der Waals surface area (Å²) in [5.41, 5.74) is 2.08. The standard InChI is InChI=1S/C29H26O3/c30-25(21-19-23-11-7-9-17-28(23)31-26-13-3-1-4-14-26)22-20-24-12-8-10-18-29(24)32-27-15-5-2-6-16-27/h1-18H,19-22H2. The number of hydrogen-bond acceptors (Lipinski definition) is 3. The molecule has 0 heterocycles. The normalized spacial score (nSPS) is 10.5. The van der Waals surface area contributed by atoms with Gasteiger partial charge in [-0.3, -0.25) is 4.79 Å². The van der Waals surface area contributed by atoms with E-state index in [1.807, 2.05) is 109 Å². The number of carbonyl (C=O) groups is 1. The van der Waals surface area contributed by atoms with Crippen molar-refractivity contribution in [3.8, 4) is 23.0 Å². The molecular weight excluding hydrogens is 396 g/mol. The van der Waals surface area contributed by atoms with E-state index >= 15 is 0 Å². The van der Waals surface area contributed by atoms with Crippen molar-refractivity contribution in [3.05, 3.63) is 120 Å². The molecule has 0 saturated carbocycles. The number of rotatable bonds is 10. The van der Waals surface area contributed by atoms with Crippen LogP contribution in [0.2, 0.25) is 0 Å². The molecule has 4 aromatic carbocycles. The van der Waals surface area contributed by atoms with E-state index in [0.29, 0.717) is 25.7 Å². The van der Waals surface area contributed by atoms with E-state index in [0.717, 1.165) is 34.1 Å². The Morgan fingerprint density at radius 3 is 1.31 bits per heavy atom. The second-order valence-corrected chi connectivity index (χ2v) is 7.58. The highest BCUT2D eigenvalue weighted by Gasteiger charge is 2.10. The molecule has 4 aromatic rings. The van der Waals surface area contributed by atoms with Gasteiger partial charge in [0.15, 0.2) is 0 Å². The van der Waals surface area contributed by atoms with Crippen LogP contribution in [0.1, 0.15) is 24.0 Å². The van der Waals surface area contributed by atoms with Crippen molar-refractivity contribution in [2.75, 3.05) is 0 Å². The summed E-state index contributed by atoms with van der Waals surface area (Å²) < 4.78 is 12.0. The molecule has 0 unspecified atom stereocenters. The largest absolute Gasteiger partial charge is 0.457 e. The first-order chi connectivity index (χ1) is 15.8. The highest BCUT2D eigenvalue weighted by atomic mass is 16.5. The third-order valence-electron chi connectivity index (χ3n) is 5.23. The zero-order valence-corrected chi connectivity index (χ0v) is 17.9. The zero-order chi connectivity index (χ0) is 22.0. The lowest BCUT2D eigenvalue weighted by atomic mass is 10.0. The predicted molar refractivity (Wildman–Crippen MR) is 128 cm³/mol. The second kappa shape index (κ2) is 11.0. The number of Topliss-reactive ketones (excluding diaryl/α,β-unsaturated/α-hetero) is 1. The molecule has 0 radical (unpaired) electrons. The molecule has 0 N–H and O–H groups in total. The topological polar surface area (TPSA) is 35.5 Å². The number of hydrogen-bond donors (Lipinski definition) is 0. The van der Waals surface area contributed by atoms with E-state index in [9.17, 15) is 4.79 Å². The van der Waals surface area contributed by atoms with Gasteiger partial charge in [0.1, 0.15) is 28.8 Å². The van der Waals surface area contributed by atoms with Gasteiger partial charge in [0.25, 0.3) is 0 Å². The first-order valence-corrected chi connectivity index (χ1v) is 10.9. The third-order valence-corrected chi connectivity index (χ3v) is 5.23. The van der Waals surface area contributed by atoms with Gasteiger partial charge in [0.05, 0.1) is 0 Å². The average Bonchev–Trinajstić information content (AvgIpc) is 2.84. The molecule has 0 bridgehead atoms. The molecule has 0 aliphatic heterocycles. The fourth-order valence-corrected chi connectivity index (χ4v) is 3.52. The summed E-state index contributed by atoms with van der Waals surface area (Å²) in [6.07, 6.45) is 2.28. The third kappa shape index (κ3) is 6.08. The number of benzene rings is 4. The Kier molecular flexibility index (Phi) is 7.33. The van der Waals surface area contributed by atoms with Gasteiger partial charge in [-0.2, -0.15) is 0 Å². The lowest BCUT2D eigenvalue weighted by Gasteiger charge is -2.12. The van der Waals surface area contributed by atoms with Crippen LogP contribution < -0.4 is 9.47 Å².